The van der Waals surface area contributed by atoms with Crippen LogP contribution in [0.4, 0.5) is 0 Å². The first kappa shape index (κ1) is 12.8. The van der Waals surface area contributed by atoms with E-state index in [0.29, 0.717) is 0 Å². The molecule has 0 bridgehead atoms. The molecule has 0 atom stereocenters. The van der Waals surface area contributed by atoms with Gasteiger partial charge in [0.2, 0.25) is 0 Å². The Balaban J connectivity index is 1.94. The Bertz CT molecular complexity index is 535. The molecule has 0 heterocycles. The summed E-state index contributed by atoms with van der Waals surface area (Å²) < 4.78 is 0. The number of aliphatic hydroxyl groups is 1. The van der Waals surface area contributed by atoms with Crippen LogP contribution in [0.3, 0.4) is 0 Å². The summed E-state index contributed by atoms with van der Waals surface area (Å²) in [4.78, 5) is 1.28. The molecule has 0 aromatic heterocycles. The molecule has 0 aliphatic heterocycles. The molecule has 0 unspecified atom stereocenters. The van der Waals surface area contributed by atoms with Gasteiger partial charge in [0.25, 0.3) is 0 Å². The molecule has 0 spiro atoms. The normalized spacial score (nSPS) is 9.61. The summed E-state index contributed by atoms with van der Waals surface area (Å²) in [6, 6.07) is 18.5. The number of aliphatic hydroxyl groups excluding tert-OH is 1. The van der Waals surface area contributed by atoms with Gasteiger partial charge in [-0.05, 0) is 29.8 Å². The Kier molecular flexibility index (Phi) is 4.89. The van der Waals surface area contributed by atoms with Gasteiger partial charge in [-0.3, -0.25) is 0 Å². The molecule has 0 amide bonds. The lowest BCUT2D eigenvalue weighted by Gasteiger charge is -2.02. The molecule has 0 saturated carbocycles. The van der Waals surface area contributed by atoms with Crippen LogP contribution in [0.15, 0.2) is 59.5 Å². The Morgan fingerprint density at radius 3 is 2.33 bits per heavy atom. The second-order valence-electron chi connectivity index (χ2n) is 3.76. The van der Waals surface area contributed by atoms with Crippen molar-refractivity contribution >= 4 is 11.8 Å². The van der Waals surface area contributed by atoms with E-state index in [2.05, 4.69) is 48.2 Å². The van der Waals surface area contributed by atoms with E-state index in [9.17, 15) is 0 Å². The van der Waals surface area contributed by atoms with Crippen LogP contribution in [-0.4, -0.2) is 11.7 Å². The zero-order valence-electron chi connectivity index (χ0n) is 9.97. The first-order valence-corrected chi connectivity index (χ1v) is 6.73. The molecule has 2 aromatic rings. The summed E-state index contributed by atoms with van der Waals surface area (Å²) in [6.07, 6.45) is 0. The maximum atomic E-state index is 8.62. The second-order valence-corrected chi connectivity index (χ2v) is 4.81. The summed E-state index contributed by atoms with van der Waals surface area (Å²) in [5.41, 5.74) is 2.22. The van der Waals surface area contributed by atoms with Crippen molar-refractivity contribution in [1.29, 1.82) is 0 Å². The van der Waals surface area contributed by atoms with E-state index in [1.807, 2.05) is 30.0 Å². The van der Waals surface area contributed by atoms with Gasteiger partial charge in [-0.25, -0.2) is 0 Å². The van der Waals surface area contributed by atoms with E-state index >= 15 is 0 Å². The maximum absolute atomic E-state index is 8.62. The highest BCUT2D eigenvalue weighted by Crippen LogP contribution is 2.22. The summed E-state index contributed by atoms with van der Waals surface area (Å²) in [5.74, 6) is 6.49. The smallest absolute Gasteiger partial charge is 0.104 e. The highest BCUT2D eigenvalue weighted by atomic mass is 32.2. The SMILES string of the molecule is OCC#Cc1ccc(CSc2ccccc2)cc1. The Labute approximate surface area is 112 Å². The van der Waals surface area contributed by atoms with Crippen molar-refractivity contribution in [2.24, 2.45) is 0 Å². The average Bonchev–Trinajstić information content (AvgIpc) is 2.45. The molecule has 2 aromatic carbocycles. The van der Waals surface area contributed by atoms with Gasteiger partial charge in [-0.15, -0.1) is 11.8 Å². The van der Waals surface area contributed by atoms with Gasteiger partial charge < -0.3 is 5.11 Å². The zero-order valence-corrected chi connectivity index (χ0v) is 10.8. The highest BCUT2D eigenvalue weighted by molar-refractivity contribution is 7.98. The van der Waals surface area contributed by atoms with Crippen LogP contribution < -0.4 is 0 Å². The summed E-state index contributed by atoms with van der Waals surface area (Å²) >= 11 is 1.82. The minimum Gasteiger partial charge on any atom is -0.384 e. The van der Waals surface area contributed by atoms with Crippen LogP contribution in [0, 0.1) is 11.8 Å². The van der Waals surface area contributed by atoms with Gasteiger partial charge in [-0.1, -0.05) is 42.2 Å². The first-order chi connectivity index (χ1) is 8.88. The van der Waals surface area contributed by atoms with Crippen molar-refractivity contribution in [3.63, 3.8) is 0 Å². The number of hydrogen-bond acceptors (Lipinski definition) is 2. The lowest BCUT2D eigenvalue weighted by molar-refractivity contribution is 0.350. The molecular weight excluding hydrogens is 240 g/mol. The van der Waals surface area contributed by atoms with Crippen LogP contribution in [0.2, 0.25) is 0 Å². The molecule has 0 radical (unpaired) electrons. The van der Waals surface area contributed by atoms with Gasteiger partial charge >= 0.3 is 0 Å². The van der Waals surface area contributed by atoms with E-state index in [-0.39, 0.29) is 6.61 Å². The van der Waals surface area contributed by atoms with Crippen molar-refractivity contribution in [2.45, 2.75) is 10.6 Å². The predicted molar refractivity (Wildman–Crippen MR) is 76.4 cm³/mol. The van der Waals surface area contributed by atoms with Crippen molar-refractivity contribution in [1.82, 2.24) is 0 Å². The Morgan fingerprint density at radius 1 is 0.944 bits per heavy atom. The maximum Gasteiger partial charge on any atom is 0.104 e. The molecule has 18 heavy (non-hydrogen) atoms. The molecule has 0 saturated heterocycles. The summed E-state index contributed by atoms with van der Waals surface area (Å²) in [7, 11) is 0. The lowest BCUT2D eigenvalue weighted by atomic mass is 10.1. The minimum absolute atomic E-state index is 0.0917. The van der Waals surface area contributed by atoms with Crippen LogP contribution in [0.25, 0.3) is 0 Å². The van der Waals surface area contributed by atoms with Gasteiger partial charge in [0, 0.05) is 16.2 Å². The van der Waals surface area contributed by atoms with Gasteiger partial charge in [-0.2, -0.15) is 0 Å². The van der Waals surface area contributed by atoms with Crippen molar-refractivity contribution in [3.8, 4) is 11.8 Å². The molecule has 1 nitrogen and oxygen atoms in total. The highest BCUT2D eigenvalue weighted by Gasteiger charge is 1.95. The fourth-order valence-electron chi connectivity index (χ4n) is 1.51. The molecule has 0 fully saturated rings. The Hall–Kier alpha value is -1.69. The molecule has 90 valence electrons. The summed E-state index contributed by atoms with van der Waals surface area (Å²) in [5, 5.41) is 8.62. The third-order valence-electron chi connectivity index (χ3n) is 2.41. The van der Waals surface area contributed by atoms with E-state index in [1.54, 1.807) is 0 Å². The number of thioether (sulfide) groups is 1. The fourth-order valence-corrected chi connectivity index (χ4v) is 2.38. The third kappa shape index (κ3) is 3.96. The molecule has 2 heteroatoms. The second kappa shape index (κ2) is 6.90. The molecule has 1 N–H and O–H groups in total. The van der Waals surface area contributed by atoms with Crippen LogP contribution in [0.1, 0.15) is 11.1 Å². The molecule has 2 rings (SSSR count). The van der Waals surface area contributed by atoms with E-state index in [0.717, 1.165) is 11.3 Å². The van der Waals surface area contributed by atoms with Crippen molar-refractivity contribution in [2.75, 3.05) is 6.61 Å². The number of benzene rings is 2. The lowest BCUT2D eigenvalue weighted by Crippen LogP contribution is -1.82. The van der Waals surface area contributed by atoms with E-state index in [1.165, 1.54) is 10.5 Å². The number of hydrogen-bond donors (Lipinski definition) is 1. The fraction of sp³-hybridized carbons (Fsp3) is 0.125. The Morgan fingerprint density at radius 2 is 1.67 bits per heavy atom. The summed E-state index contributed by atoms with van der Waals surface area (Å²) in [6.45, 7) is -0.0917. The van der Waals surface area contributed by atoms with Crippen molar-refractivity contribution in [3.05, 3.63) is 65.7 Å². The van der Waals surface area contributed by atoms with Crippen LogP contribution in [0.5, 0.6) is 0 Å². The third-order valence-corrected chi connectivity index (χ3v) is 3.50. The van der Waals surface area contributed by atoms with Crippen LogP contribution in [-0.2, 0) is 5.75 Å². The first-order valence-electron chi connectivity index (χ1n) is 5.75. The van der Waals surface area contributed by atoms with Crippen molar-refractivity contribution < 1.29 is 5.11 Å². The predicted octanol–water partition coefficient (Wildman–Crippen LogP) is 3.32. The molecule has 0 aliphatic rings. The van der Waals surface area contributed by atoms with Gasteiger partial charge in [0.15, 0.2) is 0 Å². The van der Waals surface area contributed by atoms with E-state index in [4.69, 9.17) is 5.11 Å². The molecule has 0 aliphatic carbocycles. The number of rotatable bonds is 3. The molecular formula is C16H14OS. The monoisotopic (exact) mass is 254 g/mol. The zero-order chi connectivity index (χ0) is 12.6. The largest absolute Gasteiger partial charge is 0.384 e. The minimum atomic E-state index is -0.0917. The average molecular weight is 254 g/mol. The van der Waals surface area contributed by atoms with E-state index < -0.39 is 0 Å². The van der Waals surface area contributed by atoms with Crippen LogP contribution >= 0.6 is 11.8 Å². The quantitative estimate of drug-likeness (QED) is 0.670. The standard InChI is InChI=1S/C16H14OS/c17-12-4-5-14-8-10-15(11-9-14)13-18-16-6-2-1-3-7-16/h1-3,6-11,17H,12-13H2. The van der Waals surface area contributed by atoms with Gasteiger partial charge in [0.05, 0.1) is 0 Å². The van der Waals surface area contributed by atoms with Gasteiger partial charge in [0.1, 0.15) is 6.61 Å². The topological polar surface area (TPSA) is 20.2 Å².